The second-order valence-electron chi connectivity index (χ2n) is 5.66. The third-order valence-electron chi connectivity index (χ3n) is 3.96. The van der Waals surface area contributed by atoms with E-state index in [9.17, 15) is 17.6 Å². The monoisotopic (exact) mass is 383 g/mol. The lowest BCUT2D eigenvalue weighted by Crippen LogP contribution is -2.57. The fourth-order valence-corrected chi connectivity index (χ4v) is 4.20. The molecule has 0 unspecified atom stereocenters. The Hall–Kier alpha value is -2.12. The maximum absolute atomic E-state index is 12.9. The third kappa shape index (κ3) is 3.93. The number of amides is 1. The van der Waals surface area contributed by atoms with Crippen LogP contribution < -0.4 is 4.74 Å². The van der Waals surface area contributed by atoms with E-state index in [4.69, 9.17) is 16.3 Å². The number of halogens is 2. The minimum atomic E-state index is -3.57. The van der Waals surface area contributed by atoms with E-state index in [2.05, 4.69) is 0 Å². The average Bonchev–Trinajstić information content (AvgIpc) is 2.53. The number of hydrogen-bond acceptors (Lipinski definition) is 4. The van der Waals surface area contributed by atoms with Crippen LogP contribution in [0.2, 0.25) is 5.02 Å². The van der Waals surface area contributed by atoms with Crippen LogP contribution in [0.5, 0.6) is 5.75 Å². The molecule has 0 atom stereocenters. The Labute approximate surface area is 149 Å². The van der Waals surface area contributed by atoms with Crippen molar-refractivity contribution in [1.82, 2.24) is 4.90 Å². The fraction of sp³-hybridized carbons (Fsp3) is 0.235. The maximum atomic E-state index is 12.9. The molecule has 0 N–H and O–H groups in total. The fourth-order valence-electron chi connectivity index (χ4n) is 2.42. The molecule has 8 heteroatoms. The molecule has 0 radical (unpaired) electrons. The van der Waals surface area contributed by atoms with Crippen molar-refractivity contribution in [3.05, 3.63) is 59.4 Å². The number of ether oxygens (including phenoxy) is 1. The van der Waals surface area contributed by atoms with Crippen molar-refractivity contribution in [1.29, 1.82) is 0 Å². The molecular formula is C17H15ClFNO4S. The van der Waals surface area contributed by atoms with Crippen LogP contribution in [0, 0.1) is 5.82 Å². The first-order valence-corrected chi connectivity index (χ1v) is 9.44. The summed E-state index contributed by atoms with van der Waals surface area (Å²) in [6, 6.07) is 11.3. The molecule has 1 aliphatic heterocycles. The maximum Gasteiger partial charge on any atom is 0.260 e. The highest BCUT2D eigenvalue weighted by atomic mass is 35.5. The van der Waals surface area contributed by atoms with Gasteiger partial charge in [0, 0.05) is 18.1 Å². The smallest absolute Gasteiger partial charge is 0.260 e. The topological polar surface area (TPSA) is 63.7 Å². The molecule has 1 amide bonds. The SMILES string of the molecule is O=C(COc1ccc(Cl)cc1)N1CC(S(=O)(=O)c2ccc(F)cc2)C1. The summed E-state index contributed by atoms with van der Waals surface area (Å²) in [5, 5.41) is -0.118. The minimum Gasteiger partial charge on any atom is -0.484 e. The lowest BCUT2D eigenvalue weighted by molar-refractivity contribution is -0.136. The van der Waals surface area contributed by atoms with E-state index in [1.807, 2.05) is 0 Å². The van der Waals surface area contributed by atoms with Gasteiger partial charge in [0.1, 0.15) is 16.8 Å². The van der Waals surface area contributed by atoms with Crippen molar-refractivity contribution in [2.75, 3.05) is 19.7 Å². The molecule has 5 nitrogen and oxygen atoms in total. The van der Waals surface area contributed by atoms with E-state index in [1.165, 1.54) is 17.0 Å². The van der Waals surface area contributed by atoms with E-state index in [0.29, 0.717) is 10.8 Å². The lowest BCUT2D eigenvalue weighted by Gasteiger charge is -2.38. The number of benzene rings is 2. The summed E-state index contributed by atoms with van der Waals surface area (Å²) < 4.78 is 43.1. The van der Waals surface area contributed by atoms with Crippen LogP contribution in [0.4, 0.5) is 4.39 Å². The highest BCUT2D eigenvalue weighted by Gasteiger charge is 2.40. The summed E-state index contributed by atoms with van der Waals surface area (Å²) in [5.41, 5.74) is 0. The second kappa shape index (κ2) is 7.01. The molecule has 1 aliphatic rings. The summed E-state index contributed by atoms with van der Waals surface area (Å²) in [7, 11) is -3.57. The number of rotatable bonds is 5. The summed E-state index contributed by atoms with van der Waals surface area (Å²) in [5.74, 6) is -0.280. The van der Waals surface area contributed by atoms with Crippen LogP contribution in [-0.4, -0.2) is 44.2 Å². The Balaban J connectivity index is 1.53. The summed E-state index contributed by atoms with van der Waals surface area (Å²) in [6.07, 6.45) is 0. The van der Waals surface area contributed by atoms with Crippen molar-refractivity contribution in [2.45, 2.75) is 10.1 Å². The van der Waals surface area contributed by atoms with Gasteiger partial charge in [-0.15, -0.1) is 0 Å². The van der Waals surface area contributed by atoms with Crippen molar-refractivity contribution in [2.24, 2.45) is 0 Å². The number of sulfone groups is 1. The van der Waals surface area contributed by atoms with E-state index in [-0.39, 0.29) is 30.5 Å². The Bertz CT molecular complexity index is 863. The molecule has 1 saturated heterocycles. The molecule has 0 spiro atoms. The van der Waals surface area contributed by atoms with E-state index < -0.39 is 20.9 Å². The molecular weight excluding hydrogens is 369 g/mol. The predicted molar refractivity (Wildman–Crippen MR) is 90.9 cm³/mol. The molecule has 0 aliphatic carbocycles. The van der Waals surface area contributed by atoms with Gasteiger partial charge in [-0.1, -0.05) is 11.6 Å². The first-order chi connectivity index (χ1) is 11.9. The molecule has 3 rings (SSSR count). The Morgan fingerprint density at radius 1 is 1.12 bits per heavy atom. The van der Waals surface area contributed by atoms with Gasteiger partial charge in [-0.2, -0.15) is 0 Å². The van der Waals surface area contributed by atoms with E-state index in [1.54, 1.807) is 24.3 Å². The number of hydrogen-bond donors (Lipinski definition) is 0. The van der Waals surface area contributed by atoms with Gasteiger partial charge in [-0.3, -0.25) is 4.79 Å². The molecule has 0 aromatic heterocycles. The van der Waals surface area contributed by atoms with Gasteiger partial charge in [0.05, 0.1) is 4.90 Å². The van der Waals surface area contributed by atoms with Crippen LogP contribution in [0.15, 0.2) is 53.4 Å². The van der Waals surface area contributed by atoms with Gasteiger partial charge < -0.3 is 9.64 Å². The van der Waals surface area contributed by atoms with Gasteiger partial charge >= 0.3 is 0 Å². The number of carbonyl (C=O) groups excluding carboxylic acids is 1. The third-order valence-corrected chi connectivity index (χ3v) is 6.31. The predicted octanol–water partition coefficient (Wildman–Crippen LogP) is 2.54. The van der Waals surface area contributed by atoms with Crippen LogP contribution in [0.1, 0.15) is 0 Å². The van der Waals surface area contributed by atoms with Gasteiger partial charge in [-0.25, -0.2) is 12.8 Å². The first kappa shape index (κ1) is 17.7. The zero-order chi connectivity index (χ0) is 18.0. The van der Waals surface area contributed by atoms with Crippen molar-refractivity contribution < 1.29 is 22.3 Å². The average molecular weight is 384 g/mol. The van der Waals surface area contributed by atoms with Crippen LogP contribution in [0.25, 0.3) is 0 Å². The summed E-state index contributed by atoms with van der Waals surface area (Å²) in [4.78, 5) is 13.5. The van der Waals surface area contributed by atoms with Gasteiger partial charge in [0.25, 0.3) is 5.91 Å². The standard InChI is InChI=1S/C17H15ClFNO4S/c18-12-1-5-14(6-2-12)24-11-17(21)20-9-16(10-20)25(22,23)15-7-3-13(19)4-8-15/h1-8,16H,9-11H2. The number of nitrogens with zero attached hydrogens (tertiary/aromatic N) is 1. The second-order valence-corrected chi connectivity index (χ2v) is 8.33. The molecule has 25 heavy (non-hydrogen) atoms. The van der Waals surface area contributed by atoms with Crippen LogP contribution in [-0.2, 0) is 14.6 Å². The van der Waals surface area contributed by atoms with Gasteiger partial charge in [-0.05, 0) is 48.5 Å². The van der Waals surface area contributed by atoms with E-state index >= 15 is 0 Å². The summed E-state index contributed by atoms with van der Waals surface area (Å²) in [6.45, 7) is 0.0238. The molecule has 2 aromatic rings. The summed E-state index contributed by atoms with van der Waals surface area (Å²) >= 11 is 5.77. The van der Waals surface area contributed by atoms with Gasteiger partial charge in [0.2, 0.25) is 0 Å². The molecule has 1 fully saturated rings. The van der Waals surface area contributed by atoms with Crippen molar-refractivity contribution in [3.63, 3.8) is 0 Å². The Morgan fingerprint density at radius 2 is 1.72 bits per heavy atom. The quantitative estimate of drug-likeness (QED) is 0.744. The molecule has 1 heterocycles. The molecule has 132 valence electrons. The highest BCUT2D eigenvalue weighted by molar-refractivity contribution is 7.92. The molecule has 0 saturated carbocycles. The Kier molecular flexibility index (Phi) is 4.96. The van der Waals surface area contributed by atoms with Crippen molar-refractivity contribution in [3.8, 4) is 5.75 Å². The zero-order valence-electron chi connectivity index (χ0n) is 13.1. The number of likely N-dealkylation sites (tertiary alicyclic amines) is 1. The Morgan fingerprint density at radius 3 is 2.32 bits per heavy atom. The van der Waals surface area contributed by atoms with E-state index in [0.717, 1.165) is 12.1 Å². The minimum absolute atomic E-state index is 0.0587. The van der Waals surface area contributed by atoms with Crippen molar-refractivity contribution >= 4 is 27.3 Å². The normalized spacial score (nSPS) is 14.9. The first-order valence-electron chi connectivity index (χ1n) is 7.52. The van der Waals surface area contributed by atoms with Crippen LogP contribution >= 0.6 is 11.6 Å². The highest BCUT2D eigenvalue weighted by Crippen LogP contribution is 2.24. The zero-order valence-corrected chi connectivity index (χ0v) is 14.6. The molecule has 2 aromatic carbocycles. The lowest BCUT2D eigenvalue weighted by atomic mass is 10.2. The number of carbonyl (C=O) groups is 1. The van der Waals surface area contributed by atoms with Gasteiger partial charge in [0.15, 0.2) is 16.4 Å². The van der Waals surface area contributed by atoms with Crippen LogP contribution in [0.3, 0.4) is 0 Å². The largest absolute Gasteiger partial charge is 0.484 e. The molecule has 0 bridgehead atoms.